The van der Waals surface area contributed by atoms with Crippen LogP contribution < -0.4 is 4.84 Å². The molecule has 1 aliphatic heterocycles. The second-order valence-electron chi connectivity index (χ2n) is 4.37. The highest BCUT2D eigenvalue weighted by Crippen LogP contribution is 2.33. The summed E-state index contributed by atoms with van der Waals surface area (Å²) in [5, 5.41) is 2.03. The van der Waals surface area contributed by atoms with Crippen molar-refractivity contribution in [3.63, 3.8) is 0 Å². The second kappa shape index (κ2) is 3.62. The molecule has 0 bridgehead atoms. The van der Waals surface area contributed by atoms with Crippen LogP contribution in [0.4, 0.5) is 0 Å². The van der Waals surface area contributed by atoms with Crippen molar-refractivity contribution in [2.75, 3.05) is 13.1 Å². The summed E-state index contributed by atoms with van der Waals surface area (Å²) in [6, 6.07) is 9.96. The van der Waals surface area contributed by atoms with Crippen molar-refractivity contribution in [1.82, 2.24) is 5.06 Å². The molecular formula is C12H17NO. The minimum Gasteiger partial charge on any atom is -0.406 e. The van der Waals surface area contributed by atoms with Gasteiger partial charge in [-0.3, -0.25) is 0 Å². The number of hydrogen-bond donors (Lipinski definition) is 0. The molecule has 0 N–H and O–H groups in total. The maximum Gasteiger partial charge on any atom is 0.147 e. The van der Waals surface area contributed by atoms with Crippen molar-refractivity contribution in [2.24, 2.45) is 5.41 Å². The Labute approximate surface area is 85.4 Å². The van der Waals surface area contributed by atoms with E-state index in [0.717, 1.165) is 18.8 Å². The Morgan fingerprint density at radius 3 is 2.50 bits per heavy atom. The minimum atomic E-state index is 0.467. The molecule has 2 rings (SSSR count). The Balaban J connectivity index is 1.85. The number of nitrogens with zero attached hydrogens (tertiary/aromatic N) is 1. The van der Waals surface area contributed by atoms with Gasteiger partial charge >= 0.3 is 0 Å². The lowest BCUT2D eigenvalue weighted by atomic mass is 9.81. The van der Waals surface area contributed by atoms with E-state index in [4.69, 9.17) is 4.84 Å². The van der Waals surface area contributed by atoms with Gasteiger partial charge in [0, 0.05) is 13.1 Å². The molecule has 0 aromatic heterocycles. The lowest BCUT2D eigenvalue weighted by molar-refractivity contribution is -0.177. The van der Waals surface area contributed by atoms with E-state index in [1.54, 1.807) is 0 Å². The van der Waals surface area contributed by atoms with E-state index in [9.17, 15) is 0 Å². The third-order valence-corrected chi connectivity index (χ3v) is 2.95. The van der Waals surface area contributed by atoms with Crippen LogP contribution in [0, 0.1) is 5.41 Å². The van der Waals surface area contributed by atoms with Crippen LogP contribution >= 0.6 is 0 Å². The normalized spacial score (nSPS) is 20.1. The van der Waals surface area contributed by atoms with Gasteiger partial charge in [-0.25, -0.2) is 0 Å². The summed E-state index contributed by atoms with van der Waals surface area (Å²) < 4.78 is 0. The van der Waals surface area contributed by atoms with Gasteiger partial charge in [-0.15, -0.1) is 5.06 Å². The molecule has 2 heteroatoms. The summed E-state index contributed by atoms with van der Waals surface area (Å²) >= 11 is 0. The molecule has 1 aliphatic rings. The third-order valence-electron chi connectivity index (χ3n) is 2.95. The first-order valence-electron chi connectivity index (χ1n) is 5.20. The molecule has 2 nitrogen and oxygen atoms in total. The van der Waals surface area contributed by atoms with Gasteiger partial charge in [0.15, 0.2) is 0 Å². The van der Waals surface area contributed by atoms with E-state index in [2.05, 4.69) is 13.8 Å². The Hall–Kier alpha value is -1.02. The van der Waals surface area contributed by atoms with Crippen molar-refractivity contribution >= 4 is 0 Å². The highest BCUT2D eigenvalue weighted by Gasteiger charge is 2.38. The average Bonchev–Trinajstić information content (AvgIpc) is 2.17. The molecule has 1 aromatic rings. The van der Waals surface area contributed by atoms with Crippen LogP contribution in [0.3, 0.4) is 0 Å². The van der Waals surface area contributed by atoms with E-state index < -0.39 is 0 Å². The highest BCUT2D eigenvalue weighted by molar-refractivity contribution is 5.20. The Morgan fingerprint density at radius 2 is 1.93 bits per heavy atom. The van der Waals surface area contributed by atoms with Gasteiger partial charge < -0.3 is 4.84 Å². The van der Waals surface area contributed by atoms with Crippen LogP contribution in [0.2, 0.25) is 0 Å². The molecule has 1 heterocycles. The van der Waals surface area contributed by atoms with Crippen molar-refractivity contribution in [2.45, 2.75) is 20.3 Å². The number of rotatable bonds is 3. The van der Waals surface area contributed by atoms with Crippen LogP contribution in [0.5, 0.6) is 5.75 Å². The first-order valence-corrected chi connectivity index (χ1v) is 5.20. The maximum atomic E-state index is 5.68. The number of benzene rings is 1. The fraction of sp³-hybridized carbons (Fsp3) is 0.500. The first kappa shape index (κ1) is 9.53. The number of para-hydroxylation sites is 1. The van der Waals surface area contributed by atoms with Gasteiger partial charge in [0.1, 0.15) is 5.75 Å². The van der Waals surface area contributed by atoms with Crippen LogP contribution in [0.15, 0.2) is 30.3 Å². The summed E-state index contributed by atoms with van der Waals surface area (Å²) in [4.78, 5) is 5.68. The summed E-state index contributed by atoms with van der Waals surface area (Å²) in [5.41, 5.74) is 0.467. The Kier molecular flexibility index (Phi) is 2.46. The Bertz CT molecular complexity index is 290. The van der Waals surface area contributed by atoms with E-state index in [-0.39, 0.29) is 0 Å². The fourth-order valence-electron chi connectivity index (χ4n) is 1.72. The molecular weight excluding hydrogens is 174 g/mol. The van der Waals surface area contributed by atoms with Gasteiger partial charge in [-0.2, -0.15) is 0 Å². The summed E-state index contributed by atoms with van der Waals surface area (Å²) in [7, 11) is 0. The molecule has 0 atom stereocenters. The molecule has 1 fully saturated rings. The largest absolute Gasteiger partial charge is 0.406 e. The standard InChI is InChI=1S/C12H17NO/c1-3-12(2)9-13(10-12)14-11-7-5-4-6-8-11/h4-8H,3,9-10H2,1-2H3. The summed E-state index contributed by atoms with van der Waals surface area (Å²) in [6.07, 6.45) is 1.22. The summed E-state index contributed by atoms with van der Waals surface area (Å²) in [5.74, 6) is 0.936. The zero-order valence-electron chi connectivity index (χ0n) is 8.86. The summed E-state index contributed by atoms with van der Waals surface area (Å²) in [6.45, 7) is 6.62. The van der Waals surface area contributed by atoms with Crippen LogP contribution in [0.25, 0.3) is 0 Å². The second-order valence-corrected chi connectivity index (χ2v) is 4.37. The minimum absolute atomic E-state index is 0.467. The predicted octanol–water partition coefficient (Wildman–Crippen LogP) is 2.71. The van der Waals surface area contributed by atoms with Crippen molar-refractivity contribution in [3.05, 3.63) is 30.3 Å². The van der Waals surface area contributed by atoms with E-state index in [1.165, 1.54) is 6.42 Å². The monoisotopic (exact) mass is 191 g/mol. The van der Waals surface area contributed by atoms with E-state index in [0.29, 0.717) is 5.41 Å². The molecule has 0 radical (unpaired) electrons. The highest BCUT2D eigenvalue weighted by atomic mass is 16.7. The Morgan fingerprint density at radius 1 is 1.29 bits per heavy atom. The SMILES string of the molecule is CCC1(C)CN(Oc2ccccc2)C1. The first-order chi connectivity index (χ1) is 6.72. The van der Waals surface area contributed by atoms with Crippen molar-refractivity contribution < 1.29 is 4.84 Å². The molecule has 76 valence electrons. The number of hydroxylamine groups is 2. The third kappa shape index (κ3) is 1.90. The smallest absolute Gasteiger partial charge is 0.147 e. The zero-order valence-corrected chi connectivity index (χ0v) is 8.86. The molecule has 0 spiro atoms. The van der Waals surface area contributed by atoms with Gasteiger partial charge in [0.05, 0.1) is 0 Å². The molecule has 1 saturated heterocycles. The molecule has 0 aliphatic carbocycles. The fourth-order valence-corrected chi connectivity index (χ4v) is 1.72. The van der Waals surface area contributed by atoms with Crippen LogP contribution in [-0.2, 0) is 0 Å². The van der Waals surface area contributed by atoms with Crippen molar-refractivity contribution in [3.8, 4) is 5.75 Å². The molecule has 0 amide bonds. The lowest BCUT2D eigenvalue weighted by Gasteiger charge is -2.46. The lowest BCUT2D eigenvalue weighted by Crippen LogP contribution is -2.55. The van der Waals surface area contributed by atoms with Crippen LogP contribution in [-0.4, -0.2) is 18.2 Å². The van der Waals surface area contributed by atoms with Gasteiger partial charge in [-0.05, 0) is 24.0 Å². The molecule has 14 heavy (non-hydrogen) atoms. The predicted molar refractivity (Wildman–Crippen MR) is 57.0 cm³/mol. The average molecular weight is 191 g/mol. The van der Waals surface area contributed by atoms with Crippen LogP contribution in [0.1, 0.15) is 20.3 Å². The van der Waals surface area contributed by atoms with Crippen molar-refractivity contribution in [1.29, 1.82) is 0 Å². The zero-order chi connectivity index (χ0) is 10.0. The van der Waals surface area contributed by atoms with Gasteiger partial charge in [0.25, 0.3) is 0 Å². The maximum absolute atomic E-state index is 5.68. The van der Waals surface area contributed by atoms with Gasteiger partial charge in [0.2, 0.25) is 0 Å². The topological polar surface area (TPSA) is 12.5 Å². The number of hydrogen-bond acceptors (Lipinski definition) is 2. The molecule has 0 saturated carbocycles. The van der Waals surface area contributed by atoms with Gasteiger partial charge in [-0.1, -0.05) is 32.0 Å². The van der Waals surface area contributed by atoms with E-state index in [1.807, 2.05) is 35.4 Å². The van der Waals surface area contributed by atoms with E-state index >= 15 is 0 Å². The quantitative estimate of drug-likeness (QED) is 0.728. The molecule has 0 unspecified atom stereocenters. The molecule has 1 aromatic carbocycles.